The van der Waals surface area contributed by atoms with Crippen molar-refractivity contribution in [2.24, 2.45) is 23.0 Å². The van der Waals surface area contributed by atoms with Crippen LogP contribution in [0.15, 0.2) is 0 Å². The van der Waals surface area contributed by atoms with Crippen molar-refractivity contribution >= 4 is 0 Å². The number of hydrogen-bond acceptors (Lipinski definition) is 2. The molecule has 3 N–H and O–H groups in total. The van der Waals surface area contributed by atoms with Gasteiger partial charge in [0.25, 0.3) is 0 Å². The molecule has 2 nitrogen and oxygen atoms in total. The summed E-state index contributed by atoms with van der Waals surface area (Å²) in [4.78, 5) is 0. The first kappa shape index (κ1) is 13.4. The van der Waals surface area contributed by atoms with Crippen molar-refractivity contribution in [1.29, 1.82) is 0 Å². The van der Waals surface area contributed by atoms with Gasteiger partial charge < -0.3 is 11.1 Å². The average Bonchev–Trinajstić information content (AvgIpc) is 2.28. The third-order valence-corrected chi connectivity index (χ3v) is 5.00. The van der Waals surface area contributed by atoms with Gasteiger partial charge in [-0.1, -0.05) is 33.1 Å². The van der Waals surface area contributed by atoms with Crippen molar-refractivity contribution in [3.63, 3.8) is 0 Å². The van der Waals surface area contributed by atoms with E-state index in [1.54, 1.807) is 0 Å². The zero-order chi connectivity index (χ0) is 12.3. The summed E-state index contributed by atoms with van der Waals surface area (Å²) in [5.74, 6) is 1.79. The lowest BCUT2D eigenvalue weighted by molar-refractivity contribution is 0.147. The molecule has 0 radical (unpaired) electrons. The summed E-state index contributed by atoms with van der Waals surface area (Å²) >= 11 is 0. The van der Waals surface area contributed by atoms with Gasteiger partial charge in [0, 0.05) is 12.6 Å². The summed E-state index contributed by atoms with van der Waals surface area (Å²) < 4.78 is 0. The molecule has 0 bridgehead atoms. The summed E-state index contributed by atoms with van der Waals surface area (Å²) in [6.45, 7) is 7.26. The van der Waals surface area contributed by atoms with Crippen LogP contribution in [0.2, 0.25) is 0 Å². The van der Waals surface area contributed by atoms with Gasteiger partial charge in [0.2, 0.25) is 0 Å². The van der Waals surface area contributed by atoms with E-state index < -0.39 is 0 Å². The van der Waals surface area contributed by atoms with Crippen molar-refractivity contribution < 1.29 is 0 Å². The highest BCUT2D eigenvalue weighted by Crippen LogP contribution is 2.37. The normalized spacial score (nSPS) is 31.2. The van der Waals surface area contributed by atoms with E-state index >= 15 is 0 Å². The van der Waals surface area contributed by atoms with Crippen LogP contribution in [0.4, 0.5) is 0 Å². The molecule has 0 aromatic heterocycles. The quantitative estimate of drug-likeness (QED) is 0.773. The highest BCUT2D eigenvalue weighted by Gasteiger charge is 2.31. The predicted octanol–water partition coefficient (Wildman–Crippen LogP) is 2.92. The van der Waals surface area contributed by atoms with Crippen LogP contribution in [0.3, 0.4) is 0 Å². The smallest absolute Gasteiger partial charge is 0.00450 e. The Hall–Kier alpha value is -0.0800. The number of nitrogens with one attached hydrogen (secondary N) is 1. The fraction of sp³-hybridized carbons (Fsp3) is 1.00. The Balaban J connectivity index is 1.65. The van der Waals surface area contributed by atoms with Crippen LogP contribution in [0.5, 0.6) is 0 Å². The lowest BCUT2D eigenvalue weighted by Gasteiger charge is -2.39. The fourth-order valence-electron chi connectivity index (χ4n) is 3.58. The first-order chi connectivity index (χ1) is 8.08. The second kappa shape index (κ2) is 5.71. The van der Waals surface area contributed by atoms with Gasteiger partial charge in [-0.15, -0.1) is 0 Å². The average molecular weight is 238 g/mol. The fourth-order valence-corrected chi connectivity index (χ4v) is 3.58. The Labute approximate surface area is 107 Å². The summed E-state index contributed by atoms with van der Waals surface area (Å²) in [5, 5.41) is 3.69. The lowest BCUT2D eigenvalue weighted by atomic mass is 9.71. The van der Waals surface area contributed by atoms with Gasteiger partial charge in [0.15, 0.2) is 0 Å². The zero-order valence-corrected chi connectivity index (χ0v) is 11.7. The Morgan fingerprint density at radius 3 is 2.35 bits per heavy atom. The second-order valence-electron chi connectivity index (χ2n) is 7.05. The molecule has 0 aromatic carbocycles. The van der Waals surface area contributed by atoms with Crippen LogP contribution >= 0.6 is 0 Å². The molecule has 2 rings (SSSR count). The van der Waals surface area contributed by atoms with Gasteiger partial charge in [-0.3, -0.25) is 0 Å². The predicted molar refractivity (Wildman–Crippen MR) is 73.9 cm³/mol. The van der Waals surface area contributed by atoms with Crippen LogP contribution in [0.25, 0.3) is 0 Å². The van der Waals surface area contributed by atoms with Crippen molar-refractivity contribution in [2.45, 2.75) is 64.8 Å². The Bertz CT molecular complexity index is 225. The first-order valence-corrected chi connectivity index (χ1v) is 7.54. The standard InChI is InChI=1S/C15H30N2/c1-15(2,13-6-4-3-5-7-13)11-17-10-12-8-14(16)9-12/h12-14,17H,3-11,16H2,1-2H3. The molecule has 2 aliphatic carbocycles. The van der Waals surface area contributed by atoms with Crippen molar-refractivity contribution in [3.05, 3.63) is 0 Å². The van der Waals surface area contributed by atoms with Gasteiger partial charge in [-0.2, -0.15) is 0 Å². The second-order valence-corrected chi connectivity index (χ2v) is 7.05. The molecular formula is C15H30N2. The monoisotopic (exact) mass is 238 g/mol. The molecular weight excluding hydrogens is 208 g/mol. The molecule has 0 heterocycles. The van der Waals surface area contributed by atoms with E-state index in [1.807, 2.05) is 0 Å². The van der Waals surface area contributed by atoms with Gasteiger partial charge in [-0.25, -0.2) is 0 Å². The molecule has 0 amide bonds. The SMILES string of the molecule is CC(C)(CNCC1CC(N)C1)C1CCCCC1. The minimum Gasteiger partial charge on any atom is -0.328 e. The first-order valence-electron chi connectivity index (χ1n) is 7.54. The Morgan fingerprint density at radius 2 is 1.76 bits per heavy atom. The Kier molecular flexibility index (Phi) is 4.48. The van der Waals surface area contributed by atoms with Crippen LogP contribution in [-0.2, 0) is 0 Å². The van der Waals surface area contributed by atoms with Crippen molar-refractivity contribution in [3.8, 4) is 0 Å². The topological polar surface area (TPSA) is 38.0 Å². The molecule has 0 aromatic rings. The van der Waals surface area contributed by atoms with Gasteiger partial charge >= 0.3 is 0 Å². The van der Waals surface area contributed by atoms with Crippen molar-refractivity contribution in [1.82, 2.24) is 5.32 Å². The number of rotatable bonds is 5. The summed E-state index contributed by atoms with van der Waals surface area (Å²) in [7, 11) is 0. The van der Waals surface area contributed by atoms with E-state index in [-0.39, 0.29) is 0 Å². The van der Waals surface area contributed by atoms with E-state index in [4.69, 9.17) is 5.73 Å². The van der Waals surface area contributed by atoms with Crippen molar-refractivity contribution in [2.75, 3.05) is 13.1 Å². The van der Waals surface area contributed by atoms with Gasteiger partial charge in [-0.05, 0) is 49.5 Å². The van der Waals surface area contributed by atoms with E-state index in [9.17, 15) is 0 Å². The molecule has 2 aliphatic rings. The molecule has 0 atom stereocenters. The maximum Gasteiger partial charge on any atom is 0.00450 e. The molecule has 2 saturated carbocycles. The highest BCUT2D eigenvalue weighted by atomic mass is 14.9. The number of nitrogens with two attached hydrogens (primary N) is 1. The molecule has 0 saturated heterocycles. The molecule has 100 valence electrons. The minimum absolute atomic E-state index is 0.478. The van der Waals surface area contributed by atoms with E-state index in [0.717, 1.165) is 11.8 Å². The summed E-state index contributed by atoms with van der Waals surface area (Å²) in [6, 6.07) is 0.494. The van der Waals surface area contributed by atoms with E-state index in [2.05, 4.69) is 19.2 Å². The molecule has 2 heteroatoms. The molecule has 0 spiro atoms. The third-order valence-electron chi connectivity index (χ3n) is 5.00. The summed E-state index contributed by atoms with van der Waals surface area (Å²) in [5.41, 5.74) is 6.29. The minimum atomic E-state index is 0.478. The van der Waals surface area contributed by atoms with Crippen LogP contribution in [0, 0.1) is 17.3 Å². The third kappa shape index (κ3) is 3.69. The largest absolute Gasteiger partial charge is 0.328 e. The maximum atomic E-state index is 5.82. The molecule has 17 heavy (non-hydrogen) atoms. The van der Waals surface area contributed by atoms with Gasteiger partial charge in [0.05, 0.1) is 0 Å². The van der Waals surface area contributed by atoms with Crippen LogP contribution in [0.1, 0.15) is 58.8 Å². The van der Waals surface area contributed by atoms with Gasteiger partial charge in [0.1, 0.15) is 0 Å². The maximum absolute atomic E-state index is 5.82. The summed E-state index contributed by atoms with van der Waals surface area (Å²) in [6.07, 6.45) is 9.72. The number of hydrogen-bond donors (Lipinski definition) is 2. The van der Waals surface area contributed by atoms with Crippen LogP contribution < -0.4 is 11.1 Å². The van der Waals surface area contributed by atoms with E-state index in [1.165, 1.54) is 58.0 Å². The molecule has 0 aliphatic heterocycles. The van der Waals surface area contributed by atoms with E-state index in [0.29, 0.717) is 11.5 Å². The zero-order valence-electron chi connectivity index (χ0n) is 11.7. The lowest BCUT2D eigenvalue weighted by Crippen LogP contribution is -2.44. The molecule has 2 fully saturated rings. The highest BCUT2D eigenvalue weighted by molar-refractivity contribution is 4.86. The Morgan fingerprint density at radius 1 is 1.12 bits per heavy atom. The van der Waals surface area contributed by atoms with Crippen LogP contribution in [-0.4, -0.2) is 19.1 Å². The molecule has 0 unspecified atom stereocenters.